The van der Waals surface area contributed by atoms with Gasteiger partial charge in [-0.2, -0.15) is 5.10 Å². The second kappa shape index (κ2) is 7.90. The summed E-state index contributed by atoms with van der Waals surface area (Å²) >= 11 is 3.49. The number of hydrogen-bond acceptors (Lipinski definition) is 5. The standard InChI is InChI=1S/C18H21BrN4O3/c1-4-23-10-14(19)16(20-23)11-22(2)18(24)17-9-15(21-26-17)12-5-7-13(25-3)8-6-12/h5-8,10,17H,4,9,11H2,1-3H3. The van der Waals surface area contributed by atoms with E-state index in [2.05, 4.69) is 26.2 Å². The maximum Gasteiger partial charge on any atom is 0.267 e. The van der Waals surface area contributed by atoms with E-state index in [1.807, 2.05) is 42.1 Å². The zero-order chi connectivity index (χ0) is 18.7. The van der Waals surface area contributed by atoms with Crippen LogP contribution in [-0.4, -0.2) is 46.6 Å². The number of carbonyl (C=O) groups is 1. The van der Waals surface area contributed by atoms with Crippen molar-refractivity contribution in [3.05, 3.63) is 46.2 Å². The summed E-state index contributed by atoms with van der Waals surface area (Å²) in [6, 6.07) is 7.54. The van der Waals surface area contributed by atoms with E-state index in [0.29, 0.717) is 13.0 Å². The highest BCUT2D eigenvalue weighted by Crippen LogP contribution is 2.22. The molecule has 0 aliphatic carbocycles. The number of halogens is 1. The number of aryl methyl sites for hydroxylation is 1. The first-order chi connectivity index (χ1) is 12.5. The van der Waals surface area contributed by atoms with Gasteiger partial charge in [0.25, 0.3) is 5.91 Å². The number of ether oxygens (including phenoxy) is 1. The molecule has 0 N–H and O–H groups in total. The fourth-order valence-corrected chi connectivity index (χ4v) is 3.16. The number of rotatable bonds is 6. The third kappa shape index (κ3) is 3.90. The van der Waals surface area contributed by atoms with Gasteiger partial charge in [-0.3, -0.25) is 9.48 Å². The van der Waals surface area contributed by atoms with Gasteiger partial charge in [0, 0.05) is 26.2 Å². The van der Waals surface area contributed by atoms with E-state index in [1.54, 1.807) is 19.1 Å². The zero-order valence-electron chi connectivity index (χ0n) is 15.0. The van der Waals surface area contributed by atoms with E-state index in [4.69, 9.17) is 9.57 Å². The normalized spacial score (nSPS) is 16.2. The summed E-state index contributed by atoms with van der Waals surface area (Å²) in [4.78, 5) is 19.7. The molecule has 1 aromatic carbocycles. The van der Waals surface area contributed by atoms with Gasteiger partial charge in [0.1, 0.15) is 5.75 Å². The van der Waals surface area contributed by atoms with Gasteiger partial charge in [0.2, 0.25) is 6.10 Å². The molecule has 0 fully saturated rings. The van der Waals surface area contributed by atoms with Crippen molar-refractivity contribution in [1.82, 2.24) is 14.7 Å². The molecule has 0 spiro atoms. The molecule has 1 aromatic heterocycles. The molecular formula is C18H21BrN4O3. The first-order valence-electron chi connectivity index (χ1n) is 8.35. The average molecular weight is 421 g/mol. The maximum atomic E-state index is 12.7. The zero-order valence-corrected chi connectivity index (χ0v) is 16.6. The summed E-state index contributed by atoms with van der Waals surface area (Å²) in [6.45, 7) is 3.20. The van der Waals surface area contributed by atoms with Gasteiger partial charge in [-0.1, -0.05) is 5.16 Å². The number of methoxy groups -OCH3 is 1. The van der Waals surface area contributed by atoms with Crippen LogP contribution in [0.3, 0.4) is 0 Å². The lowest BCUT2D eigenvalue weighted by atomic mass is 10.0. The first-order valence-corrected chi connectivity index (χ1v) is 9.15. The molecule has 0 saturated heterocycles. The van der Waals surface area contributed by atoms with Gasteiger partial charge in [-0.05, 0) is 52.7 Å². The Labute approximate surface area is 160 Å². The molecule has 2 heterocycles. The fraction of sp³-hybridized carbons (Fsp3) is 0.389. The van der Waals surface area contributed by atoms with Gasteiger partial charge in [0.15, 0.2) is 0 Å². The molecule has 1 aliphatic rings. The highest BCUT2D eigenvalue weighted by atomic mass is 79.9. The second-order valence-corrected chi connectivity index (χ2v) is 6.89. The van der Waals surface area contributed by atoms with Crippen LogP contribution in [0.15, 0.2) is 40.1 Å². The molecule has 1 unspecified atom stereocenters. The molecule has 7 nitrogen and oxygen atoms in total. The van der Waals surface area contributed by atoms with Crippen LogP contribution in [0.4, 0.5) is 0 Å². The van der Waals surface area contributed by atoms with Gasteiger partial charge in [0.05, 0.1) is 29.5 Å². The predicted octanol–water partition coefficient (Wildman–Crippen LogP) is 2.83. The summed E-state index contributed by atoms with van der Waals surface area (Å²) in [5, 5.41) is 8.54. The molecule has 3 rings (SSSR count). The molecule has 0 saturated carbocycles. The summed E-state index contributed by atoms with van der Waals surface area (Å²) in [6.07, 6.45) is 1.74. The van der Waals surface area contributed by atoms with E-state index in [-0.39, 0.29) is 5.91 Å². The van der Waals surface area contributed by atoms with E-state index in [0.717, 1.165) is 33.7 Å². The third-order valence-electron chi connectivity index (χ3n) is 4.24. The van der Waals surface area contributed by atoms with Crippen molar-refractivity contribution in [2.75, 3.05) is 14.2 Å². The number of aromatic nitrogens is 2. The second-order valence-electron chi connectivity index (χ2n) is 6.04. The number of hydrogen-bond donors (Lipinski definition) is 0. The van der Waals surface area contributed by atoms with Crippen LogP contribution in [0.1, 0.15) is 24.6 Å². The lowest BCUT2D eigenvalue weighted by Crippen LogP contribution is -2.36. The summed E-state index contributed by atoms with van der Waals surface area (Å²) < 4.78 is 7.87. The molecule has 8 heteroatoms. The van der Waals surface area contributed by atoms with Crippen LogP contribution >= 0.6 is 15.9 Å². The van der Waals surface area contributed by atoms with Crippen molar-refractivity contribution in [2.45, 2.75) is 32.5 Å². The number of oxime groups is 1. The highest BCUT2D eigenvalue weighted by molar-refractivity contribution is 9.10. The molecular weight excluding hydrogens is 400 g/mol. The highest BCUT2D eigenvalue weighted by Gasteiger charge is 2.31. The van der Waals surface area contributed by atoms with Gasteiger partial charge in [-0.15, -0.1) is 0 Å². The quantitative estimate of drug-likeness (QED) is 0.720. The predicted molar refractivity (Wildman–Crippen MR) is 101 cm³/mol. The number of benzene rings is 1. The number of carbonyl (C=O) groups excluding carboxylic acids is 1. The Bertz CT molecular complexity index is 816. The van der Waals surface area contributed by atoms with E-state index in [1.165, 1.54) is 0 Å². The first kappa shape index (κ1) is 18.4. The monoisotopic (exact) mass is 420 g/mol. The van der Waals surface area contributed by atoms with Crippen molar-refractivity contribution in [3.8, 4) is 5.75 Å². The van der Waals surface area contributed by atoms with Crippen LogP contribution in [0.2, 0.25) is 0 Å². The van der Waals surface area contributed by atoms with Crippen molar-refractivity contribution >= 4 is 27.5 Å². The van der Waals surface area contributed by atoms with Crippen molar-refractivity contribution in [1.29, 1.82) is 0 Å². The minimum atomic E-state index is -0.607. The summed E-state index contributed by atoms with van der Waals surface area (Å²) in [5.41, 5.74) is 2.50. The van der Waals surface area contributed by atoms with Gasteiger partial charge >= 0.3 is 0 Å². The maximum absolute atomic E-state index is 12.7. The smallest absolute Gasteiger partial charge is 0.267 e. The molecule has 138 valence electrons. The fourth-order valence-electron chi connectivity index (χ4n) is 2.72. The molecule has 1 atom stereocenters. The van der Waals surface area contributed by atoms with E-state index in [9.17, 15) is 4.79 Å². The minimum Gasteiger partial charge on any atom is -0.497 e. The summed E-state index contributed by atoms with van der Waals surface area (Å²) in [7, 11) is 3.37. The Balaban J connectivity index is 1.61. The minimum absolute atomic E-state index is 0.116. The van der Waals surface area contributed by atoms with Gasteiger partial charge in [-0.25, -0.2) is 0 Å². The molecule has 0 bridgehead atoms. The Hall–Kier alpha value is -2.35. The Morgan fingerprint density at radius 3 is 2.77 bits per heavy atom. The van der Waals surface area contributed by atoms with Crippen molar-refractivity contribution in [3.63, 3.8) is 0 Å². The van der Waals surface area contributed by atoms with Crippen LogP contribution in [0.5, 0.6) is 5.75 Å². The Morgan fingerprint density at radius 2 is 2.15 bits per heavy atom. The number of likely N-dealkylation sites (N-methyl/N-ethyl adjacent to an activating group) is 1. The Morgan fingerprint density at radius 1 is 1.42 bits per heavy atom. The van der Waals surface area contributed by atoms with Crippen LogP contribution in [0, 0.1) is 0 Å². The number of nitrogens with zero attached hydrogens (tertiary/aromatic N) is 4. The van der Waals surface area contributed by atoms with Crippen LogP contribution < -0.4 is 4.74 Å². The lowest BCUT2D eigenvalue weighted by molar-refractivity contribution is -0.141. The molecule has 1 amide bonds. The molecule has 26 heavy (non-hydrogen) atoms. The SMILES string of the molecule is CCn1cc(Br)c(CN(C)C(=O)C2CC(c3ccc(OC)cc3)=NO2)n1. The number of amides is 1. The largest absolute Gasteiger partial charge is 0.497 e. The van der Waals surface area contributed by atoms with Crippen molar-refractivity contribution in [2.24, 2.45) is 5.16 Å². The van der Waals surface area contributed by atoms with Crippen LogP contribution in [0.25, 0.3) is 0 Å². The summed E-state index contributed by atoms with van der Waals surface area (Å²) in [5.74, 6) is 0.660. The van der Waals surface area contributed by atoms with Crippen LogP contribution in [-0.2, 0) is 22.7 Å². The van der Waals surface area contributed by atoms with Gasteiger partial charge < -0.3 is 14.5 Å². The lowest BCUT2D eigenvalue weighted by Gasteiger charge is -2.19. The van der Waals surface area contributed by atoms with Crippen molar-refractivity contribution < 1.29 is 14.4 Å². The van der Waals surface area contributed by atoms with E-state index < -0.39 is 6.10 Å². The molecule has 2 aromatic rings. The molecule has 1 aliphatic heterocycles. The topological polar surface area (TPSA) is 69.0 Å². The Kier molecular flexibility index (Phi) is 5.61. The molecule has 0 radical (unpaired) electrons. The third-order valence-corrected chi connectivity index (χ3v) is 4.90. The van der Waals surface area contributed by atoms with E-state index >= 15 is 0 Å². The average Bonchev–Trinajstić information content (AvgIpc) is 3.28.